The van der Waals surface area contributed by atoms with Crippen LogP contribution >= 0.6 is 0 Å². The average Bonchev–Trinajstić information content (AvgIpc) is 2.64. The molecule has 1 aliphatic rings. The van der Waals surface area contributed by atoms with Crippen LogP contribution in [0.15, 0.2) is 18.2 Å². The van der Waals surface area contributed by atoms with E-state index in [0.717, 1.165) is 18.8 Å². The molecule has 0 saturated heterocycles. The fourth-order valence-electron chi connectivity index (χ4n) is 1.98. The van der Waals surface area contributed by atoms with Crippen LogP contribution in [-0.2, 0) is 13.1 Å². The van der Waals surface area contributed by atoms with Gasteiger partial charge in [-0.3, -0.25) is 4.90 Å². The predicted octanol–water partition coefficient (Wildman–Crippen LogP) is 1.36. The Balaban J connectivity index is 2.26. The first-order valence-electron chi connectivity index (χ1n) is 5.27. The lowest BCUT2D eigenvalue weighted by Crippen LogP contribution is -2.43. The maximum absolute atomic E-state index is 9.33. The van der Waals surface area contributed by atoms with Crippen molar-refractivity contribution in [3.8, 4) is 0 Å². The highest BCUT2D eigenvalue weighted by atomic mass is 16.3. The summed E-state index contributed by atoms with van der Waals surface area (Å²) in [6.07, 6.45) is 0. The second kappa shape index (κ2) is 3.51. The average molecular weight is 206 g/mol. The van der Waals surface area contributed by atoms with Crippen molar-refractivity contribution in [2.75, 3.05) is 12.3 Å². The molecule has 0 aromatic heterocycles. The van der Waals surface area contributed by atoms with E-state index in [0.29, 0.717) is 0 Å². The molecule has 0 amide bonds. The predicted molar refractivity (Wildman–Crippen MR) is 61.3 cm³/mol. The molecule has 82 valence electrons. The molecule has 0 saturated carbocycles. The lowest BCUT2D eigenvalue weighted by Gasteiger charge is -2.33. The van der Waals surface area contributed by atoms with Gasteiger partial charge in [0, 0.05) is 24.3 Å². The van der Waals surface area contributed by atoms with Crippen LogP contribution in [0.5, 0.6) is 0 Å². The molecule has 0 atom stereocenters. The van der Waals surface area contributed by atoms with Gasteiger partial charge >= 0.3 is 0 Å². The molecule has 2 rings (SSSR count). The van der Waals surface area contributed by atoms with Crippen LogP contribution in [0, 0.1) is 0 Å². The van der Waals surface area contributed by atoms with Crippen molar-refractivity contribution in [1.82, 2.24) is 4.90 Å². The Morgan fingerprint density at radius 3 is 2.73 bits per heavy atom. The van der Waals surface area contributed by atoms with Gasteiger partial charge in [0.05, 0.1) is 6.61 Å². The Morgan fingerprint density at radius 1 is 1.40 bits per heavy atom. The molecule has 0 fully saturated rings. The van der Waals surface area contributed by atoms with E-state index in [1.807, 2.05) is 12.1 Å². The monoisotopic (exact) mass is 206 g/mol. The number of nitrogen functional groups attached to an aromatic ring is 1. The fraction of sp³-hybridized carbons (Fsp3) is 0.500. The van der Waals surface area contributed by atoms with E-state index in [-0.39, 0.29) is 12.1 Å². The van der Waals surface area contributed by atoms with Crippen LogP contribution in [0.2, 0.25) is 0 Å². The fourth-order valence-corrected chi connectivity index (χ4v) is 1.98. The van der Waals surface area contributed by atoms with E-state index in [9.17, 15) is 5.11 Å². The third-order valence-corrected chi connectivity index (χ3v) is 3.26. The van der Waals surface area contributed by atoms with Gasteiger partial charge in [-0.1, -0.05) is 12.1 Å². The molecular formula is C12H18N2O. The van der Waals surface area contributed by atoms with Gasteiger partial charge in [0.2, 0.25) is 0 Å². The summed E-state index contributed by atoms with van der Waals surface area (Å²) in [7, 11) is 0. The van der Waals surface area contributed by atoms with E-state index in [1.54, 1.807) is 0 Å². The molecular weight excluding hydrogens is 188 g/mol. The highest BCUT2D eigenvalue weighted by Crippen LogP contribution is 2.32. The second-order valence-corrected chi connectivity index (χ2v) is 4.81. The molecule has 1 aromatic rings. The quantitative estimate of drug-likeness (QED) is 0.718. The summed E-state index contributed by atoms with van der Waals surface area (Å²) in [6.45, 7) is 5.99. The largest absolute Gasteiger partial charge is 0.398 e. The minimum atomic E-state index is -0.175. The maximum Gasteiger partial charge on any atom is 0.0610 e. The Bertz CT molecular complexity index is 374. The van der Waals surface area contributed by atoms with E-state index >= 15 is 0 Å². The van der Waals surface area contributed by atoms with Gasteiger partial charge in [0.1, 0.15) is 0 Å². The Morgan fingerprint density at radius 2 is 2.13 bits per heavy atom. The van der Waals surface area contributed by atoms with Crippen LogP contribution in [-0.4, -0.2) is 22.2 Å². The number of anilines is 1. The third kappa shape index (κ3) is 1.73. The van der Waals surface area contributed by atoms with E-state index in [4.69, 9.17) is 5.73 Å². The first kappa shape index (κ1) is 10.5. The Kier molecular flexibility index (Phi) is 2.44. The van der Waals surface area contributed by atoms with Crippen LogP contribution in [0.25, 0.3) is 0 Å². The maximum atomic E-state index is 9.33. The minimum Gasteiger partial charge on any atom is -0.398 e. The molecule has 3 nitrogen and oxygen atoms in total. The number of nitrogens with two attached hydrogens (primary N) is 1. The number of aliphatic hydroxyl groups is 1. The molecule has 0 aliphatic carbocycles. The summed E-state index contributed by atoms with van der Waals surface area (Å²) in [4.78, 5) is 2.26. The zero-order chi connectivity index (χ0) is 11.1. The van der Waals surface area contributed by atoms with Crippen molar-refractivity contribution in [3.63, 3.8) is 0 Å². The highest BCUT2D eigenvalue weighted by Gasteiger charge is 2.31. The standard InChI is InChI=1S/C12H18N2O/c1-12(2,8-15)14-6-9-4-3-5-11(13)10(9)7-14/h3-5,15H,6-8,13H2,1-2H3. The zero-order valence-electron chi connectivity index (χ0n) is 9.33. The number of hydrogen-bond donors (Lipinski definition) is 2. The number of nitrogens with zero attached hydrogens (tertiary/aromatic N) is 1. The van der Waals surface area contributed by atoms with Crippen molar-refractivity contribution >= 4 is 5.69 Å². The van der Waals surface area contributed by atoms with Gasteiger partial charge in [-0.25, -0.2) is 0 Å². The lowest BCUT2D eigenvalue weighted by molar-refractivity contribution is 0.0546. The van der Waals surface area contributed by atoms with Crippen LogP contribution in [0.1, 0.15) is 25.0 Å². The van der Waals surface area contributed by atoms with Gasteiger partial charge < -0.3 is 10.8 Å². The van der Waals surface area contributed by atoms with Crippen molar-refractivity contribution < 1.29 is 5.11 Å². The van der Waals surface area contributed by atoms with Crippen LogP contribution in [0.4, 0.5) is 5.69 Å². The second-order valence-electron chi connectivity index (χ2n) is 4.81. The van der Waals surface area contributed by atoms with Gasteiger partial charge in [-0.05, 0) is 31.0 Å². The topological polar surface area (TPSA) is 49.5 Å². The van der Waals surface area contributed by atoms with Gasteiger partial charge in [0.15, 0.2) is 0 Å². The van der Waals surface area contributed by atoms with Crippen LogP contribution in [0.3, 0.4) is 0 Å². The van der Waals surface area contributed by atoms with Crippen molar-refractivity contribution in [1.29, 1.82) is 0 Å². The number of hydrogen-bond acceptors (Lipinski definition) is 3. The number of aliphatic hydroxyl groups excluding tert-OH is 1. The van der Waals surface area contributed by atoms with Crippen molar-refractivity contribution in [3.05, 3.63) is 29.3 Å². The molecule has 0 radical (unpaired) electrons. The molecule has 0 bridgehead atoms. The van der Waals surface area contributed by atoms with Gasteiger partial charge in [0.25, 0.3) is 0 Å². The normalized spacial score (nSPS) is 16.7. The molecule has 0 unspecified atom stereocenters. The first-order valence-corrected chi connectivity index (χ1v) is 5.27. The first-order chi connectivity index (χ1) is 7.04. The SMILES string of the molecule is CC(C)(CO)N1Cc2cccc(N)c2C1. The van der Waals surface area contributed by atoms with Crippen molar-refractivity contribution in [2.24, 2.45) is 0 Å². The molecule has 1 aliphatic heterocycles. The molecule has 1 heterocycles. The van der Waals surface area contributed by atoms with Crippen molar-refractivity contribution in [2.45, 2.75) is 32.5 Å². The third-order valence-electron chi connectivity index (χ3n) is 3.26. The van der Waals surface area contributed by atoms with E-state index in [1.165, 1.54) is 11.1 Å². The number of rotatable bonds is 2. The molecule has 3 N–H and O–H groups in total. The summed E-state index contributed by atoms with van der Waals surface area (Å²) < 4.78 is 0. The zero-order valence-corrected chi connectivity index (χ0v) is 9.33. The lowest BCUT2D eigenvalue weighted by atomic mass is 10.1. The van der Waals surface area contributed by atoms with E-state index in [2.05, 4.69) is 24.8 Å². The summed E-state index contributed by atoms with van der Waals surface area (Å²) >= 11 is 0. The Labute approximate surface area is 90.5 Å². The Hall–Kier alpha value is -1.06. The summed E-state index contributed by atoms with van der Waals surface area (Å²) in [5.41, 5.74) is 9.13. The smallest absolute Gasteiger partial charge is 0.0610 e. The van der Waals surface area contributed by atoms with Gasteiger partial charge in [-0.2, -0.15) is 0 Å². The summed E-state index contributed by atoms with van der Waals surface area (Å²) in [5.74, 6) is 0. The van der Waals surface area contributed by atoms with Crippen LogP contribution < -0.4 is 5.73 Å². The summed E-state index contributed by atoms with van der Waals surface area (Å²) in [5, 5.41) is 9.33. The molecule has 0 spiro atoms. The van der Waals surface area contributed by atoms with Gasteiger partial charge in [-0.15, -0.1) is 0 Å². The summed E-state index contributed by atoms with van der Waals surface area (Å²) in [6, 6.07) is 6.04. The number of fused-ring (bicyclic) bond motifs is 1. The minimum absolute atomic E-state index is 0.168. The molecule has 1 aromatic carbocycles. The number of benzene rings is 1. The molecule has 15 heavy (non-hydrogen) atoms. The highest BCUT2D eigenvalue weighted by molar-refractivity contribution is 5.52. The molecule has 3 heteroatoms. The van der Waals surface area contributed by atoms with E-state index < -0.39 is 0 Å².